The quantitative estimate of drug-likeness (QED) is 0.916. The Bertz CT molecular complexity index is 543. The number of aryl methyl sites for hydroxylation is 1. The molecule has 1 aromatic heterocycles. The van der Waals surface area contributed by atoms with Crippen molar-refractivity contribution in [3.8, 4) is 0 Å². The van der Waals surface area contributed by atoms with Crippen LogP contribution in [0.3, 0.4) is 0 Å². The highest BCUT2D eigenvalue weighted by Crippen LogP contribution is 2.16. The minimum atomic E-state index is 0.568. The van der Waals surface area contributed by atoms with E-state index in [-0.39, 0.29) is 0 Å². The molecule has 1 saturated heterocycles. The fourth-order valence-corrected chi connectivity index (χ4v) is 2.75. The van der Waals surface area contributed by atoms with Crippen LogP contribution in [0, 0.1) is 0 Å². The minimum Gasteiger partial charge on any atom is -0.381 e. The van der Waals surface area contributed by atoms with Crippen molar-refractivity contribution in [3.05, 3.63) is 30.1 Å². The van der Waals surface area contributed by atoms with Crippen molar-refractivity contribution in [3.63, 3.8) is 0 Å². The minimum absolute atomic E-state index is 0.568. The van der Waals surface area contributed by atoms with Crippen molar-refractivity contribution < 1.29 is 4.74 Å². The monoisotopic (exact) mass is 259 g/mol. The zero-order chi connectivity index (χ0) is 13.1. The van der Waals surface area contributed by atoms with E-state index in [1.807, 2.05) is 6.07 Å². The molecule has 1 aromatic carbocycles. The summed E-state index contributed by atoms with van der Waals surface area (Å²) < 4.78 is 7.68. The topological polar surface area (TPSA) is 39.1 Å². The Morgan fingerprint density at radius 2 is 2.11 bits per heavy atom. The molecule has 0 spiro atoms. The highest BCUT2D eigenvalue weighted by molar-refractivity contribution is 5.75. The highest BCUT2D eigenvalue weighted by Gasteiger charge is 2.15. The van der Waals surface area contributed by atoms with Crippen LogP contribution < -0.4 is 5.32 Å². The molecule has 0 bridgehead atoms. The molecule has 0 aliphatic carbocycles. The number of ether oxygens (including phenoxy) is 1. The van der Waals surface area contributed by atoms with Crippen LogP contribution in [0.4, 0.5) is 0 Å². The molecule has 0 saturated carbocycles. The fraction of sp³-hybridized carbons (Fsp3) is 0.533. The van der Waals surface area contributed by atoms with Gasteiger partial charge in [0, 0.05) is 25.8 Å². The van der Waals surface area contributed by atoms with Gasteiger partial charge in [0.1, 0.15) is 5.82 Å². The van der Waals surface area contributed by atoms with Crippen LogP contribution in [0.15, 0.2) is 24.3 Å². The predicted molar refractivity (Wildman–Crippen MR) is 76.1 cm³/mol. The van der Waals surface area contributed by atoms with Gasteiger partial charge >= 0.3 is 0 Å². The third kappa shape index (κ3) is 2.65. The summed E-state index contributed by atoms with van der Waals surface area (Å²) in [5.74, 6) is 1.13. The van der Waals surface area contributed by atoms with Crippen LogP contribution in [-0.4, -0.2) is 28.8 Å². The molecule has 0 radical (unpaired) electrons. The molecule has 4 heteroatoms. The summed E-state index contributed by atoms with van der Waals surface area (Å²) in [4.78, 5) is 4.74. The Hall–Kier alpha value is -1.39. The van der Waals surface area contributed by atoms with E-state index in [1.165, 1.54) is 5.52 Å². The Morgan fingerprint density at radius 3 is 2.89 bits per heavy atom. The van der Waals surface area contributed by atoms with E-state index in [0.717, 1.165) is 50.5 Å². The first-order valence-corrected chi connectivity index (χ1v) is 7.13. The van der Waals surface area contributed by atoms with Crippen LogP contribution in [0.5, 0.6) is 0 Å². The van der Waals surface area contributed by atoms with Gasteiger partial charge in [0.25, 0.3) is 0 Å². The molecule has 1 fully saturated rings. The largest absolute Gasteiger partial charge is 0.381 e. The maximum atomic E-state index is 5.38. The third-order valence-electron chi connectivity index (χ3n) is 3.82. The van der Waals surface area contributed by atoms with Gasteiger partial charge in [-0.25, -0.2) is 4.98 Å². The molecule has 4 nitrogen and oxygen atoms in total. The summed E-state index contributed by atoms with van der Waals surface area (Å²) >= 11 is 0. The van der Waals surface area contributed by atoms with E-state index < -0.39 is 0 Å². The van der Waals surface area contributed by atoms with Gasteiger partial charge in [-0.2, -0.15) is 0 Å². The standard InChI is InChI=1S/C15H21N3O/c1-2-18-14-6-4-3-5-13(14)17-15(18)11-16-12-7-9-19-10-8-12/h3-6,12,16H,2,7-11H2,1H3. The van der Waals surface area contributed by atoms with Crippen LogP contribution in [0.25, 0.3) is 11.0 Å². The van der Waals surface area contributed by atoms with E-state index in [1.54, 1.807) is 0 Å². The Kier molecular flexibility index (Phi) is 3.80. The van der Waals surface area contributed by atoms with Gasteiger partial charge in [0.15, 0.2) is 0 Å². The average molecular weight is 259 g/mol. The number of benzene rings is 1. The zero-order valence-corrected chi connectivity index (χ0v) is 11.4. The SMILES string of the molecule is CCn1c(CNC2CCOCC2)nc2ccccc21. The molecule has 19 heavy (non-hydrogen) atoms. The van der Waals surface area contributed by atoms with Gasteiger partial charge in [-0.1, -0.05) is 12.1 Å². The van der Waals surface area contributed by atoms with Crippen molar-refractivity contribution in [2.45, 2.75) is 38.9 Å². The number of aromatic nitrogens is 2. The van der Waals surface area contributed by atoms with Gasteiger partial charge in [-0.15, -0.1) is 0 Å². The maximum absolute atomic E-state index is 5.38. The van der Waals surface area contributed by atoms with E-state index in [4.69, 9.17) is 9.72 Å². The second kappa shape index (κ2) is 5.72. The van der Waals surface area contributed by atoms with Crippen LogP contribution >= 0.6 is 0 Å². The molecule has 0 unspecified atom stereocenters. The molecule has 2 heterocycles. The highest BCUT2D eigenvalue weighted by atomic mass is 16.5. The summed E-state index contributed by atoms with van der Waals surface area (Å²) in [6.45, 7) is 5.73. The number of para-hydroxylation sites is 2. The summed E-state index contributed by atoms with van der Waals surface area (Å²) in [5, 5.41) is 3.61. The van der Waals surface area contributed by atoms with Gasteiger partial charge in [0.05, 0.1) is 17.6 Å². The lowest BCUT2D eigenvalue weighted by atomic mass is 10.1. The van der Waals surface area contributed by atoms with E-state index in [9.17, 15) is 0 Å². The molecular formula is C15H21N3O. The Labute approximate surface area is 113 Å². The van der Waals surface area contributed by atoms with E-state index in [2.05, 4.69) is 35.0 Å². The van der Waals surface area contributed by atoms with Crippen molar-refractivity contribution in [1.82, 2.24) is 14.9 Å². The smallest absolute Gasteiger partial charge is 0.123 e. The lowest BCUT2D eigenvalue weighted by Crippen LogP contribution is -2.35. The molecular weight excluding hydrogens is 238 g/mol. The lowest BCUT2D eigenvalue weighted by molar-refractivity contribution is 0.0773. The van der Waals surface area contributed by atoms with Crippen molar-refractivity contribution in [2.75, 3.05) is 13.2 Å². The number of hydrogen-bond acceptors (Lipinski definition) is 3. The second-order valence-electron chi connectivity index (χ2n) is 5.03. The lowest BCUT2D eigenvalue weighted by Gasteiger charge is -2.23. The number of rotatable bonds is 4. The fourth-order valence-electron chi connectivity index (χ4n) is 2.75. The first-order valence-electron chi connectivity index (χ1n) is 7.13. The van der Waals surface area contributed by atoms with Crippen LogP contribution in [0.1, 0.15) is 25.6 Å². The average Bonchev–Trinajstić information content (AvgIpc) is 2.83. The maximum Gasteiger partial charge on any atom is 0.123 e. The Morgan fingerprint density at radius 1 is 1.32 bits per heavy atom. The molecule has 0 amide bonds. The molecule has 2 aromatic rings. The number of hydrogen-bond donors (Lipinski definition) is 1. The number of fused-ring (bicyclic) bond motifs is 1. The van der Waals surface area contributed by atoms with Crippen LogP contribution in [0.2, 0.25) is 0 Å². The van der Waals surface area contributed by atoms with Crippen molar-refractivity contribution >= 4 is 11.0 Å². The summed E-state index contributed by atoms with van der Waals surface area (Å²) in [7, 11) is 0. The summed E-state index contributed by atoms with van der Waals surface area (Å²) in [6, 6.07) is 8.92. The second-order valence-corrected chi connectivity index (χ2v) is 5.03. The van der Waals surface area contributed by atoms with Crippen molar-refractivity contribution in [1.29, 1.82) is 0 Å². The van der Waals surface area contributed by atoms with Gasteiger partial charge in [-0.3, -0.25) is 0 Å². The van der Waals surface area contributed by atoms with Gasteiger partial charge < -0.3 is 14.6 Å². The van der Waals surface area contributed by atoms with E-state index in [0.29, 0.717) is 6.04 Å². The number of nitrogens with zero attached hydrogens (tertiary/aromatic N) is 2. The first-order chi connectivity index (χ1) is 9.38. The third-order valence-corrected chi connectivity index (χ3v) is 3.82. The molecule has 1 N–H and O–H groups in total. The zero-order valence-electron chi connectivity index (χ0n) is 11.4. The molecule has 3 rings (SSSR count). The Balaban J connectivity index is 1.76. The van der Waals surface area contributed by atoms with Crippen LogP contribution in [-0.2, 0) is 17.8 Å². The number of nitrogens with one attached hydrogen (secondary N) is 1. The van der Waals surface area contributed by atoms with Gasteiger partial charge in [-0.05, 0) is 31.9 Å². The number of imidazole rings is 1. The van der Waals surface area contributed by atoms with Crippen molar-refractivity contribution in [2.24, 2.45) is 0 Å². The molecule has 1 aliphatic heterocycles. The first kappa shape index (κ1) is 12.6. The molecule has 0 atom stereocenters. The van der Waals surface area contributed by atoms with E-state index >= 15 is 0 Å². The predicted octanol–water partition coefficient (Wildman–Crippen LogP) is 2.32. The molecule has 102 valence electrons. The molecule has 1 aliphatic rings. The normalized spacial score (nSPS) is 17.1. The summed E-state index contributed by atoms with van der Waals surface area (Å²) in [6.07, 6.45) is 2.21. The summed E-state index contributed by atoms with van der Waals surface area (Å²) in [5.41, 5.74) is 2.32. The van der Waals surface area contributed by atoms with Gasteiger partial charge in [0.2, 0.25) is 0 Å².